The number of hydrogen-bond acceptors (Lipinski definition) is 2. The summed E-state index contributed by atoms with van der Waals surface area (Å²) in [6.07, 6.45) is 5.39. The molecule has 0 aromatic heterocycles. The summed E-state index contributed by atoms with van der Waals surface area (Å²) in [5.74, 6) is -0.115. The number of halogens is 1. The Morgan fingerprint density at radius 1 is 1.11 bits per heavy atom. The lowest BCUT2D eigenvalue weighted by molar-refractivity contribution is -0.118. The summed E-state index contributed by atoms with van der Waals surface area (Å²) in [5.41, 5.74) is 5.69. The molecule has 0 fully saturated rings. The molecule has 0 radical (unpaired) electrons. The number of Topliss-reactive ketones (excluding diaryl/α,β-unsaturated/α-hetero) is 1. The first-order valence-electron chi connectivity index (χ1n) is 9.08. The van der Waals surface area contributed by atoms with Crippen LogP contribution in [0.4, 0.5) is 4.39 Å². The summed E-state index contributed by atoms with van der Waals surface area (Å²) < 4.78 is 25.4. The third-order valence-corrected chi connectivity index (χ3v) is 5.82. The predicted molar refractivity (Wildman–Crippen MR) is 110 cm³/mol. The number of hydrogen-bond donors (Lipinski definition) is 0. The van der Waals surface area contributed by atoms with E-state index in [0.717, 1.165) is 44.7 Å². The van der Waals surface area contributed by atoms with Gasteiger partial charge in [-0.15, -0.1) is 0 Å². The summed E-state index contributed by atoms with van der Waals surface area (Å²) in [4.78, 5) is 13.0. The van der Waals surface area contributed by atoms with E-state index in [2.05, 4.69) is 0 Å². The molecule has 0 saturated carbocycles. The Kier molecular flexibility index (Phi) is 5.85. The summed E-state index contributed by atoms with van der Waals surface area (Å²) in [6.45, 7) is 3.98. The number of ketones is 1. The van der Waals surface area contributed by atoms with Crippen molar-refractivity contribution in [2.75, 3.05) is 6.26 Å². The quantitative estimate of drug-likeness (QED) is 0.647. The van der Waals surface area contributed by atoms with Crippen LogP contribution in [0.3, 0.4) is 0 Å². The molecule has 140 valence electrons. The van der Waals surface area contributed by atoms with Gasteiger partial charge in [0.05, 0.1) is 0 Å². The van der Waals surface area contributed by atoms with E-state index in [-0.39, 0.29) is 11.6 Å². The Hall–Kier alpha value is -2.33. The number of allylic oxidation sites excluding steroid dienone is 3. The van der Waals surface area contributed by atoms with Crippen molar-refractivity contribution < 1.29 is 13.4 Å². The average Bonchev–Trinajstić information content (AvgIpc) is 2.87. The van der Waals surface area contributed by atoms with Gasteiger partial charge in [-0.3, -0.25) is 9.00 Å². The highest BCUT2D eigenvalue weighted by Gasteiger charge is 2.25. The molecule has 0 amide bonds. The minimum absolute atomic E-state index is 0.179. The van der Waals surface area contributed by atoms with Gasteiger partial charge in [-0.05, 0) is 77.1 Å². The molecule has 0 aliphatic heterocycles. The summed E-state index contributed by atoms with van der Waals surface area (Å²) >= 11 is 0. The number of carbonyl (C=O) groups excluding carboxylic acids is 1. The molecule has 0 spiro atoms. The van der Waals surface area contributed by atoms with Crippen LogP contribution in [0.25, 0.3) is 17.2 Å². The Bertz CT molecular complexity index is 968. The molecule has 3 rings (SSSR count). The molecular formula is C23H23FO2S. The summed E-state index contributed by atoms with van der Waals surface area (Å²) in [5, 5.41) is 0. The van der Waals surface area contributed by atoms with Crippen LogP contribution in [0.15, 0.2) is 52.9 Å². The highest BCUT2D eigenvalue weighted by atomic mass is 32.2. The van der Waals surface area contributed by atoms with Crippen LogP contribution in [0.5, 0.6) is 0 Å². The van der Waals surface area contributed by atoms with Crippen molar-refractivity contribution in [2.24, 2.45) is 0 Å². The summed E-state index contributed by atoms with van der Waals surface area (Å²) in [7, 11) is -1.01. The SMILES string of the molecule is CCCC(=O)CC1=C(C)/C(=C\c2ccc(S(C)=O)cc2)c2ccc(F)cc21. The van der Waals surface area contributed by atoms with E-state index >= 15 is 0 Å². The smallest absolute Gasteiger partial charge is 0.137 e. The van der Waals surface area contributed by atoms with Crippen LogP contribution in [-0.4, -0.2) is 16.2 Å². The third kappa shape index (κ3) is 4.16. The molecule has 0 N–H and O–H groups in total. The first-order valence-corrected chi connectivity index (χ1v) is 10.6. The molecule has 0 saturated heterocycles. The van der Waals surface area contributed by atoms with Crippen molar-refractivity contribution >= 4 is 33.8 Å². The molecule has 4 heteroatoms. The largest absolute Gasteiger partial charge is 0.299 e. The first kappa shape index (κ1) is 19.4. The van der Waals surface area contributed by atoms with E-state index in [4.69, 9.17) is 0 Å². The van der Waals surface area contributed by atoms with Gasteiger partial charge in [0.15, 0.2) is 0 Å². The maximum absolute atomic E-state index is 13.9. The van der Waals surface area contributed by atoms with E-state index < -0.39 is 10.8 Å². The Morgan fingerprint density at radius 2 is 1.81 bits per heavy atom. The average molecular weight is 383 g/mol. The van der Waals surface area contributed by atoms with Crippen LogP contribution >= 0.6 is 0 Å². The minimum Gasteiger partial charge on any atom is -0.299 e. The molecule has 1 aliphatic rings. The van der Waals surface area contributed by atoms with Gasteiger partial charge in [-0.2, -0.15) is 0 Å². The Labute approximate surface area is 162 Å². The maximum Gasteiger partial charge on any atom is 0.137 e. The lowest BCUT2D eigenvalue weighted by atomic mass is 9.99. The monoisotopic (exact) mass is 382 g/mol. The lowest BCUT2D eigenvalue weighted by Gasteiger charge is -2.05. The number of benzene rings is 2. The highest BCUT2D eigenvalue weighted by molar-refractivity contribution is 7.84. The van der Waals surface area contributed by atoms with Crippen LogP contribution in [0.1, 0.15) is 49.8 Å². The summed E-state index contributed by atoms with van der Waals surface area (Å²) in [6, 6.07) is 12.3. The van der Waals surface area contributed by atoms with E-state index in [9.17, 15) is 13.4 Å². The zero-order chi connectivity index (χ0) is 19.6. The van der Waals surface area contributed by atoms with Crippen molar-refractivity contribution in [3.05, 3.63) is 70.5 Å². The molecule has 1 atom stereocenters. The van der Waals surface area contributed by atoms with Crippen molar-refractivity contribution in [2.45, 2.75) is 38.0 Å². The van der Waals surface area contributed by atoms with Crippen molar-refractivity contribution in [3.8, 4) is 0 Å². The van der Waals surface area contributed by atoms with Gasteiger partial charge in [-0.25, -0.2) is 4.39 Å². The van der Waals surface area contributed by atoms with Crippen LogP contribution in [0.2, 0.25) is 0 Å². The van der Waals surface area contributed by atoms with Crippen LogP contribution in [0, 0.1) is 5.82 Å². The second kappa shape index (κ2) is 8.13. The second-order valence-electron chi connectivity index (χ2n) is 6.84. The van der Waals surface area contributed by atoms with Gasteiger partial charge in [0.2, 0.25) is 0 Å². The maximum atomic E-state index is 13.9. The number of rotatable bonds is 6. The lowest BCUT2D eigenvalue weighted by Crippen LogP contribution is -1.99. The van der Waals surface area contributed by atoms with Crippen molar-refractivity contribution in [1.82, 2.24) is 0 Å². The Balaban J connectivity index is 2.05. The molecule has 1 unspecified atom stereocenters. The fourth-order valence-corrected chi connectivity index (χ4v) is 3.99. The molecule has 1 aliphatic carbocycles. The van der Waals surface area contributed by atoms with E-state index in [1.54, 1.807) is 12.3 Å². The first-order chi connectivity index (χ1) is 12.9. The van der Waals surface area contributed by atoms with E-state index in [1.165, 1.54) is 12.1 Å². The van der Waals surface area contributed by atoms with Crippen molar-refractivity contribution in [3.63, 3.8) is 0 Å². The fraction of sp³-hybridized carbons (Fsp3) is 0.261. The standard InChI is InChI=1S/C23H23FO2S/c1-4-5-18(25)14-22-15(2)21(20-11-8-17(24)13-23(20)22)12-16-6-9-19(10-7-16)27(3)26/h6-13H,4-5,14H2,1-3H3/b21-12+. The second-order valence-corrected chi connectivity index (χ2v) is 8.22. The third-order valence-electron chi connectivity index (χ3n) is 4.88. The van der Waals surface area contributed by atoms with Crippen LogP contribution in [-0.2, 0) is 15.6 Å². The number of fused-ring (bicyclic) bond motifs is 1. The van der Waals surface area contributed by atoms with E-state index in [0.29, 0.717) is 12.8 Å². The topological polar surface area (TPSA) is 34.1 Å². The Morgan fingerprint density at radius 3 is 2.44 bits per heavy atom. The fourth-order valence-electron chi connectivity index (χ4n) is 3.47. The normalized spacial score (nSPS) is 15.9. The van der Waals surface area contributed by atoms with Gasteiger partial charge in [0.25, 0.3) is 0 Å². The molecule has 2 nitrogen and oxygen atoms in total. The zero-order valence-electron chi connectivity index (χ0n) is 15.8. The number of carbonyl (C=O) groups is 1. The molecule has 0 bridgehead atoms. The molecule has 27 heavy (non-hydrogen) atoms. The molecule has 0 heterocycles. The van der Waals surface area contributed by atoms with Gasteiger partial charge in [0.1, 0.15) is 11.6 Å². The zero-order valence-corrected chi connectivity index (χ0v) is 16.7. The van der Waals surface area contributed by atoms with Gasteiger partial charge < -0.3 is 0 Å². The molecule has 2 aromatic carbocycles. The molecular weight excluding hydrogens is 359 g/mol. The minimum atomic E-state index is -1.01. The van der Waals surface area contributed by atoms with Crippen LogP contribution < -0.4 is 0 Å². The van der Waals surface area contributed by atoms with Gasteiger partial charge >= 0.3 is 0 Å². The van der Waals surface area contributed by atoms with E-state index in [1.807, 2.05) is 44.2 Å². The van der Waals surface area contributed by atoms with Crippen molar-refractivity contribution in [1.29, 1.82) is 0 Å². The highest BCUT2D eigenvalue weighted by Crippen LogP contribution is 2.44. The predicted octanol–water partition coefficient (Wildman–Crippen LogP) is 5.65. The van der Waals surface area contributed by atoms with Gasteiger partial charge in [-0.1, -0.05) is 25.1 Å². The molecule has 2 aromatic rings. The van der Waals surface area contributed by atoms with Gasteiger partial charge in [0, 0.05) is 34.8 Å².